The summed E-state index contributed by atoms with van der Waals surface area (Å²) < 4.78 is 0. The molecule has 0 unspecified atom stereocenters. The number of amides is 1. The molecule has 24 heavy (non-hydrogen) atoms. The lowest BCUT2D eigenvalue weighted by Gasteiger charge is -2.19. The van der Waals surface area contributed by atoms with Crippen molar-refractivity contribution in [2.75, 3.05) is 0 Å². The number of nitrogens with zero attached hydrogens (tertiary/aromatic N) is 1. The van der Waals surface area contributed by atoms with Gasteiger partial charge in [0.05, 0.1) is 12.1 Å². The molecule has 7 heteroatoms. The van der Waals surface area contributed by atoms with E-state index in [0.29, 0.717) is 17.1 Å². The quantitative estimate of drug-likeness (QED) is 0.784. The number of halogens is 1. The SMILES string of the molecule is CC[C@@H](C)[C@H](NC(=O)Cc1csc(-c2ccc(Cl)cc2)n1)C(=O)O. The van der Waals surface area contributed by atoms with Crippen LogP contribution in [0.25, 0.3) is 10.6 Å². The van der Waals surface area contributed by atoms with Crippen LogP contribution >= 0.6 is 22.9 Å². The third-order valence-electron chi connectivity index (χ3n) is 3.78. The highest BCUT2D eigenvalue weighted by molar-refractivity contribution is 7.13. The van der Waals surface area contributed by atoms with Gasteiger partial charge < -0.3 is 10.4 Å². The minimum absolute atomic E-state index is 0.0598. The zero-order chi connectivity index (χ0) is 17.7. The number of carboxylic acids is 1. The van der Waals surface area contributed by atoms with Crippen LogP contribution in [-0.2, 0) is 16.0 Å². The Hall–Kier alpha value is -1.92. The number of benzene rings is 1. The maximum atomic E-state index is 12.1. The zero-order valence-corrected chi connectivity index (χ0v) is 15.0. The van der Waals surface area contributed by atoms with Crippen molar-refractivity contribution in [2.24, 2.45) is 5.92 Å². The molecule has 0 saturated carbocycles. The molecule has 2 N–H and O–H groups in total. The normalized spacial score (nSPS) is 13.3. The molecule has 0 aliphatic rings. The molecule has 128 valence electrons. The Morgan fingerprint density at radius 3 is 2.58 bits per heavy atom. The topological polar surface area (TPSA) is 79.3 Å². The molecule has 0 saturated heterocycles. The van der Waals surface area contributed by atoms with Crippen molar-refractivity contribution >= 4 is 34.8 Å². The third kappa shape index (κ3) is 4.79. The van der Waals surface area contributed by atoms with E-state index in [2.05, 4.69) is 10.3 Å². The van der Waals surface area contributed by atoms with Crippen molar-refractivity contribution < 1.29 is 14.7 Å². The summed E-state index contributed by atoms with van der Waals surface area (Å²) in [7, 11) is 0. The van der Waals surface area contributed by atoms with E-state index in [1.165, 1.54) is 11.3 Å². The number of nitrogens with one attached hydrogen (secondary N) is 1. The highest BCUT2D eigenvalue weighted by Gasteiger charge is 2.25. The van der Waals surface area contributed by atoms with Crippen LogP contribution in [0.15, 0.2) is 29.6 Å². The van der Waals surface area contributed by atoms with Gasteiger partial charge in [-0.2, -0.15) is 0 Å². The highest BCUT2D eigenvalue weighted by Crippen LogP contribution is 2.25. The Balaban J connectivity index is 2.02. The first kappa shape index (κ1) is 18.4. The number of carbonyl (C=O) groups excluding carboxylic acids is 1. The van der Waals surface area contributed by atoms with Gasteiger partial charge in [-0.1, -0.05) is 44.0 Å². The molecule has 0 aliphatic heterocycles. The van der Waals surface area contributed by atoms with Gasteiger partial charge in [0.2, 0.25) is 5.91 Å². The molecule has 5 nitrogen and oxygen atoms in total. The first-order chi connectivity index (χ1) is 11.4. The Morgan fingerprint density at radius 1 is 1.33 bits per heavy atom. The molecule has 2 aromatic rings. The van der Waals surface area contributed by atoms with Crippen LogP contribution in [0.5, 0.6) is 0 Å². The average molecular weight is 367 g/mol. The van der Waals surface area contributed by atoms with E-state index in [4.69, 9.17) is 11.6 Å². The molecule has 2 rings (SSSR count). The van der Waals surface area contributed by atoms with Gasteiger partial charge >= 0.3 is 5.97 Å². The van der Waals surface area contributed by atoms with Crippen molar-refractivity contribution in [1.29, 1.82) is 0 Å². The van der Waals surface area contributed by atoms with Crippen molar-refractivity contribution in [1.82, 2.24) is 10.3 Å². The fraction of sp³-hybridized carbons (Fsp3) is 0.353. The summed E-state index contributed by atoms with van der Waals surface area (Å²) in [5.41, 5.74) is 1.55. The van der Waals surface area contributed by atoms with Gasteiger partial charge in [0.15, 0.2) is 0 Å². The molecule has 1 aromatic heterocycles. The second-order valence-electron chi connectivity index (χ2n) is 5.60. The van der Waals surface area contributed by atoms with Crippen LogP contribution in [0.4, 0.5) is 0 Å². The second-order valence-corrected chi connectivity index (χ2v) is 6.89. The maximum absolute atomic E-state index is 12.1. The number of thiazole rings is 1. The molecule has 1 aromatic carbocycles. The van der Waals surface area contributed by atoms with Gasteiger partial charge in [0, 0.05) is 16.0 Å². The lowest BCUT2D eigenvalue weighted by Crippen LogP contribution is -2.45. The van der Waals surface area contributed by atoms with E-state index >= 15 is 0 Å². The molecule has 0 aliphatic carbocycles. The second kappa shape index (κ2) is 8.26. The van der Waals surface area contributed by atoms with E-state index in [-0.39, 0.29) is 18.2 Å². The molecular formula is C17H19ClN2O3S. The van der Waals surface area contributed by atoms with Crippen LogP contribution in [-0.4, -0.2) is 28.0 Å². The minimum atomic E-state index is -1.02. The summed E-state index contributed by atoms with van der Waals surface area (Å²) in [6.45, 7) is 3.70. The molecule has 0 spiro atoms. The fourth-order valence-electron chi connectivity index (χ4n) is 2.19. The molecule has 0 fully saturated rings. The largest absolute Gasteiger partial charge is 0.480 e. The van der Waals surface area contributed by atoms with Crippen molar-refractivity contribution in [2.45, 2.75) is 32.7 Å². The number of aliphatic carboxylic acids is 1. The fourth-order valence-corrected chi connectivity index (χ4v) is 3.14. The van der Waals surface area contributed by atoms with Crippen LogP contribution < -0.4 is 5.32 Å². The summed E-state index contributed by atoms with van der Waals surface area (Å²) in [6.07, 6.45) is 0.735. The molecular weight excluding hydrogens is 348 g/mol. The summed E-state index contributed by atoms with van der Waals surface area (Å²) in [4.78, 5) is 27.8. The predicted molar refractivity (Wildman–Crippen MR) is 95.3 cm³/mol. The minimum Gasteiger partial charge on any atom is -0.480 e. The number of carbonyl (C=O) groups is 2. The van der Waals surface area contributed by atoms with Crippen molar-refractivity contribution in [3.05, 3.63) is 40.4 Å². The van der Waals surface area contributed by atoms with Crippen LogP contribution in [0, 0.1) is 5.92 Å². The summed E-state index contributed by atoms with van der Waals surface area (Å²) >= 11 is 7.30. The third-order valence-corrected chi connectivity index (χ3v) is 4.97. The van der Waals surface area contributed by atoms with Crippen LogP contribution in [0.2, 0.25) is 5.02 Å². The van der Waals surface area contributed by atoms with Crippen molar-refractivity contribution in [3.63, 3.8) is 0 Å². The van der Waals surface area contributed by atoms with E-state index in [1.54, 1.807) is 19.1 Å². The molecule has 0 bridgehead atoms. The standard InChI is InChI=1S/C17H19ClN2O3S/c1-3-10(2)15(17(22)23)20-14(21)8-13-9-24-16(19-13)11-4-6-12(18)7-5-11/h4-7,9-10,15H,3,8H2,1-2H3,(H,20,21)(H,22,23)/t10-,15+/m1/s1. The number of carboxylic acid groups (broad SMARTS) is 1. The van der Waals surface area contributed by atoms with Crippen LogP contribution in [0.1, 0.15) is 26.0 Å². The number of hydrogen-bond donors (Lipinski definition) is 2. The van der Waals surface area contributed by atoms with Gasteiger partial charge in [-0.05, 0) is 18.1 Å². The molecule has 0 radical (unpaired) electrons. The summed E-state index contributed by atoms with van der Waals surface area (Å²) in [5, 5.41) is 15.1. The Kier molecular flexibility index (Phi) is 6.34. The summed E-state index contributed by atoms with van der Waals surface area (Å²) in [5.74, 6) is -1.49. The predicted octanol–water partition coefficient (Wildman–Crippen LogP) is 3.62. The van der Waals surface area contributed by atoms with Gasteiger partial charge in [-0.15, -0.1) is 11.3 Å². The first-order valence-corrected chi connectivity index (χ1v) is 8.89. The van der Waals surface area contributed by atoms with Gasteiger partial charge in [-0.25, -0.2) is 9.78 Å². The highest BCUT2D eigenvalue weighted by atomic mass is 35.5. The Morgan fingerprint density at radius 2 is 2.00 bits per heavy atom. The van der Waals surface area contributed by atoms with E-state index in [9.17, 15) is 14.7 Å². The van der Waals surface area contributed by atoms with E-state index in [1.807, 2.05) is 24.4 Å². The lowest BCUT2D eigenvalue weighted by atomic mass is 9.99. The van der Waals surface area contributed by atoms with Crippen LogP contribution in [0.3, 0.4) is 0 Å². The van der Waals surface area contributed by atoms with Gasteiger partial charge in [-0.3, -0.25) is 4.79 Å². The Labute approximate surface area is 149 Å². The number of hydrogen-bond acceptors (Lipinski definition) is 4. The monoisotopic (exact) mass is 366 g/mol. The maximum Gasteiger partial charge on any atom is 0.326 e. The number of rotatable bonds is 7. The number of aromatic nitrogens is 1. The molecule has 1 amide bonds. The van der Waals surface area contributed by atoms with E-state index < -0.39 is 12.0 Å². The average Bonchev–Trinajstić information content (AvgIpc) is 3.00. The van der Waals surface area contributed by atoms with E-state index in [0.717, 1.165) is 10.6 Å². The lowest BCUT2D eigenvalue weighted by molar-refractivity contribution is -0.143. The van der Waals surface area contributed by atoms with Gasteiger partial charge in [0.1, 0.15) is 11.0 Å². The molecule has 2 atom stereocenters. The summed E-state index contributed by atoms with van der Waals surface area (Å²) in [6, 6.07) is 6.43. The smallest absolute Gasteiger partial charge is 0.326 e. The zero-order valence-electron chi connectivity index (χ0n) is 13.5. The van der Waals surface area contributed by atoms with Gasteiger partial charge in [0.25, 0.3) is 0 Å². The van der Waals surface area contributed by atoms with Crippen molar-refractivity contribution in [3.8, 4) is 10.6 Å². The Bertz CT molecular complexity index is 715. The first-order valence-electron chi connectivity index (χ1n) is 7.63. The molecule has 1 heterocycles.